The largest absolute Gasteiger partial charge is 0.423 e. The predicted molar refractivity (Wildman–Crippen MR) is 157 cm³/mol. The Morgan fingerprint density at radius 1 is 1.13 bits per heavy atom. The van der Waals surface area contributed by atoms with Crippen LogP contribution < -0.4 is 11.3 Å². The Bertz CT molecular complexity index is 1470. The van der Waals surface area contributed by atoms with Gasteiger partial charge in [-0.3, -0.25) is 9.78 Å². The van der Waals surface area contributed by atoms with Gasteiger partial charge in [0.05, 0.1) is 42.7 Å². The Hall–Kier alpha value is -2.95. The first-order valence-electron chi connectivity index (χ1n) is 15.2. The maximum Gasteiger partial charge on any atom is 0.343 e. The van der Waals surface area contributed by atoms with Crippen LogP contribution in [-0.4, -0.2) is 104 Å². The number of cyclic esters (lactones) is 1. The molecule has 1 aromatic heterocycles. The van der Waals surface area contributed by atoms with E-state index in [0.29, 0.717) is 25.0 Å². The molecule has 14 heteroatoms. The molecule has 0 bridgehead atoms. The van der Waals surface area contributed by atoms with Crippen LogP contribution in [0.2, 0.25) is 0 Å². The van der Waals surface area contributed by atoms with Crippen LogP contribution in [0.1, 0.15) is 45.1 Å². The molecular weight excluding hydrogens is 590 g/mol. The first-order chi connectivity index (χ1) is 21.3. The topological polar surface area (TPSA) is 230 Å². The minimum atomic E-state index is -1.57. The van der Waals surface area contributed by atoms with Crippen LogP contribution >= 0.6 is 0 Å². The monoisotopic (exact) mass is 631 g/mol. The molecule has 5 aliphatic rings. The number of esters is 1. The number of carbonyl (C=O) groups is 1. The number of nitrogens with two attached hydrogens (primary N) is 1. The first-order valence-corrected chi connectivity index (χ1v) is 15.2. The molecule has 4 heterocycles. The Balaban J connectivity index is 1.24. The number of ether oxygens (including phenoxy) is 4. The summed E-state index contributed by atoms with van der Waals surface area (Å²) >= 11 is 0. The van der Waals surface area contributed by atoms with Gasteiger partial charge in [-0.05, 0) is 49.2 Å². The highest BCUT2D eigenvalue weighted by Crippen LogP contribution is 2.66. The molecule has 0 amide bonds. The molecule has 2 saturated heterocycles. The van der Waals surface area contributed by atoms with Crippen molar-refractivity contribution in [3.63, 3.8) is 0 Å². The minimum Gasteiger partial charge on any atom is -0.423 e. The standard InChI is InChI=1S/C31H41N3O11/c1-29-7-6-21(45-27-24(39)23(38)22(37)18(12-35)44-27)30(2,13-36)19(29)5-8-31(14-42-31)20(29)4-3-15-9-17(43-26(15)41)10-16-11-33-28(32)34-25(16)40/h3-4,9-11,18-24,27,35-39H,5-8,12-14H2,1-2H3,(H3,32,33,34,40)/t18?,19?,20?,21-,22?,23?,24?,27?,29+,30+,31?/m1/s1. The summed E-state index contributed by atoms with van der Waals surface area (Å²) in [4.78, 5) is 31.2. The average molecular weight is 632 g/mol. The summed E-state index contributed by atoms with van der Waals surface area (Å²) in [5, 5.41) is 51.5. The molecule has 6 rings (SSSR count). The molecule has 45 heavy (non-hydrogen) atoms. The Morgan fingerprint density at radius 3 is 2.56 bits per heavy atom. The van der Waals surface area contributed by atoms with Gasteiger partial charge >= 0.3 is 5.97 Å². The number of aromatic amines is 1. The molecule has 0 aromatic carbocycles. The van der Waals surface area contributed by atoms with E-state index in [-0.39, 0.29) is 41.1 Å². The van der Waals surface area contributed by atoms with Crippen LogP contribution in [0.3, 0.4) is 0 Å². The van der Waals surface area contributed by atoms with Crippen LogP contribution in [0.15, 0.2) is 40.6 Å². The molecule has 14 nitrogen and oxygen atoms in total. The summed E-state index contributed by atoms with van der Waals surface area (Å²) in [5.74, 6) is -0.563. The molecule has 1 aromatic rings. The molecule has 1 spiro atoms. The zero-order chi connectivity index (χ0) is 32.3. The summed E-state index contributed by atoms with van der Waals surface area (Å²) < 4.78 is 23.3. The van der Waals surface area contributed by atoms with Crippen molar-refractivity contribution in [1.82, 2.24) is 9.97 Å². The number of rotatable bonds is 7. The molecule has 0 radical (unpaired) electrons. The lowest BCUT2D eigenvalue weighted by Gasteiger charge is -2.61. The summed E-state index contributed by atoms with van der Waals surface area (Å²) in [7, 11) is 0. The number of aliphatic hydroxyl groups excluding tert-OH is 5. The highest BCUT2D eigenvalue weighted by molar-refractivity contribution is 5.96. The lowest BCUT2D eigenvalue weighted by molar-refractivity contribution is -0.330. The number of nitrogens with zero attached hydrogens (tertiary/aromatic N) is 1. The van der Waals surface area contributed by atoms with Gasteiger partial charge in [-0.25, -0.2) is 9.78 Å². The van der Waals surface area contributed by atoms with E-state index >= 15 is 0 Å². The Morgan fingerprint density at radius 2 is 1.89 bits per heavy atom. The molecule has 3 aliphatic heterocycles. The molecule has 11 atom stereocenters. The van der Waals surface area contributed by atoms with Crippen LogP contribution in [-0.2, 0) is 23.7 Å². The van der Waals surface area contributed by atoms with E-state index in [1.165, 1.54) is 12.3 Å². The van der Waals surface area contributed by atoms with E-state index in [1.54, 1.807) is 12.2 Å². The van der Waals surface area contributed by atoms with Gasteiger partial charge < -0.3 is 50.2 Å². The number of aromatic nitrogens is 2. The van der Waals surface area contributed by atoms with Crippen molar-refractivity contribution in [3.8, 4) is 0 Å². The number of fused-ring (bicyclic) bond motifs is 1. The minimum absolute atomic E-state index is 0.0213. The lowest BCUT2D eigenvalue weighted by Crippen LogP contribution is -2.64. The van der Waals surface area contributed by atoms with Gasteiger partial charge in [-0.15, -0.1) is 0 Å². The molecular formula is C31H41N3O11. The number of nitrogens with one attached hydrogen (secondary N) is 1. The van der Waals surface area contributed by atoms with Gasteiger partial charge in [0.2, 0.25) is 0 Å². The number of hydrogen-bond donors (Lipinski definition) is 7. The average Bonchev–Trinajstić information content (AvgIpc) is 3.69. The molecule has 4 fully saturated rings. The Kier molecular flexibility index (Phi) is 8.32. The number of anilines is 1. The number of epoxide rings is 1. The Labute approximate surface area is 259 Å². The zero-order valence-corrected chi connectivity index (χ0v) is 25.2. The fraction of sp³-hybridized carbons (Fsp3) is 0.645. The predicted octanol–water partition coefficient (Wildman–Crippen LogP) is -0.489. The van der Waals surface area contributed by atoms with Crippen molar-refractivity contribution in [2.75, 3.05) is 25.6 Å². The number of allylic oxidation sites excluding steroid dienone is 1. The van der Waals surface area contributed by atoms with E-state index in [4.69, 9.17) is 24.7 Å². The number of hydrogen-bond acceptors (Lipinski definition) is 13. The number of carbonyl (C=O) groups excluding carboxylic acids is 1. The van der Waals surface area contributed by atoms with Crippen LogP contribution in [0, 0.1) is 22.7 Å². The molecule has 246 valence electrons. The van der Waals surface area contributed by atoms with E-state index in [0.717, 1.165) is 12.8 Å². The highest BCUT2D eigenvalue weighted by atomic mass is 16.7. The highest BCUT2D eigenvalue weighted by Gasteiger charge is 2.67. The third kappa shape index (κ3) is 5.46. The molecule has 2 aliphatic carbocycles. The number of nitrogen functional groups attached to an aromatic ring is 1. The second-order valence-corrected chi connectivity index (χ2v) is 13.4. The van der Waals surface area contributed by atoms with E-state index < -0.39 is 66.0 Å². The first kappa shape index (κ1) is 32.0. The van der Waals surface area contributed by atoms with Crippen molar-refractivity contribution in [1.29, 1.82) is 0 Å². The van der Waals surface area contributed by atoms with Crippen LogP contribution in [0.25, 0.3) is 6.08 Å². The number of aliphatic hydroxyl groups is 5. The van der Waals surface area contributed by atoms with Crippen molar-refractivity contribution in [2.45, 2.75) is 81.9 Å². The summed E-state index contributed by atoms with van der Waals surface area (Å²) in [5.41, 5.74) is 4.00. The third-order valence-corrected chi connectivity index (χ3v) is 10.8. The third-order valence-electron chi connectivity index (χ3n) is 10.8. The molecule has 8 N–H and O–H groups in total. The number of H-pyrrole nitrogens is 1. The van der Waals surface area contributed by atoms with Gasteiger partial charge in [0.1, 0.15) is 30.2 Å². The van der Waals surface area contributed by atoms with Gasteiger partial charge in [0.25, 0.3) is 5.56 Å². The summed E-state index contributed by atoms with van der Waals surface area (Å²) in [6.45, 7) is 3.90. The maximum absolute atomic E-state index is 12.8. The van der Waals surface area contributed by atoms with Gasteiger partial charge in [-0.1, -0.05) is 26.0 Å². The van der Waals surface area contributed by atoms with Crippen molar-refractivity contribution in [3.05, 3.63) is 51.7 Å². The molecule has 2 saturated carbocycles. The van der Waals surface area contributed by atoms with Gasteiger partial charge in [0, 0.05) is 17.5 Å². The van der Waals surface area contributed by atoms with Crippen LogP contribution in [0.5, 0.6) is 0 Å². The fourth-order valence-corrected chi connectivity index (χ4v) is 8.16. The fourth-order valence-electron chi connectivity index (χ4n) is 8.16. The van der Waals surface area contributed by atoms with E-state index in [2.05, 4.69) is 16.9 Å². The van der Waals surface area contributed by atoms with Crippen molar-refractivity contribution in [2.24, 2.45) is 22.7 Å². The molecule has 8 unspecified atom stereocenters. The van der Waals surface area contributed by atoms with Crippen LogP contribution in [0.4, 0.5) is 5.95 Å². The second-order valence-electron chi connectivity index (χ2n) is 13.4. The quantitative estimate of drug-likeness (QED) is 0.115. The smallest absolute Gasteiger partial charge is 0.343 e. The van der Waals surface area contributed by atoms with E-state index in [9.17, 15) is 35.1 Å². The summed E-state index contributed by atoms with van der Waals surface area (Å²) in [6, 6.07) is 0. The van der Waals surface area contributed by atoms with Crippen molar-refractivity contribution >= 4 is 18.0 Å². The maximum atomic E-state index is 12.8. The lowest BCUT2D eigenvalue weighted by atomic mass is 9.45. The van der Waals surface area contributed by atoms with Gasteiger partial charge in [-0.2, -0.15) is 0 Å². The van der Waals surface area contributed by atoms with E-state index in [1.807, 2.05) is 13.0 Å². The van der Waals surface area contributed by atoms with Gasteiger partial charge in [0.15, 0.2) is 12.2 Å². The second kappa shape index (κ2) is 11.7. The zero-order valence-electron chi connectivity index (χ0n) is 25.2. The van der Waals surface area contributed by atoms with Crippen molar-refractivity contribution < 1.29 is 49.3 Å². The summed E-state index contributed by atoms with van der Waals surface area (Å²) in [6.07, 6.45) is 3.02. The SMILES string of the molecule is C[C@]12CC[C@@H](OC3OC(CO)C(O)C(O)C3O)[C@@](C)(CO)C1CCC1(CO1)C2C=CC1=CC(=Cc2cnc(N)[nH]c2=O)OC1=O. The normalized spacial score (nSPS) is 43.8.